The van der Waals surface area contributed by atoms with Crippen molar-refractivity contribution >= 4 is 11.6 Å². The third-order valence-corrected chi connectivity index (χ3v) is 6.58. The Kier molecular flexibility index (Phi) is 4.57. The Morgan fingerprint density at radius 3 is 2.33 bits per heavy atom. The molecule has 0 amide bonds. The molecular formula is C22H22F3N5. The van der Waals surface area contributed by atoms with Gasteiger partial charge in [-0.2, -0.15) is 18.4 Å². The Hall–Kier alpha value is -2.82. The maximum absolute atomic E-state index is 13.4. The van der Waals surface area contributed by atoms with E-state index in [1.54, 1.807) is 4.90 Å². The van der Waals surface area contributed by atoms with Gasteiger partial charge in [0.25, 0.3) is 0 Å². The summed E-state index contributed by atoms with van der Waals surface area (Å²) in [6.45, 7) is 2.48. The normalized spacial score (nSPS) is 23.3. The zero-order valence-corrected chi connectivity index (χ0v) is 16.5. The molecule has 5 rings (SSSR count). The average molecular weight is 413 g/mol. The number of pyridine rings is 2. The zero-order valence-electron chi connectivity index (χ0n) is 16.5. The van der Waals surface area contributed by atoms with Crippen molar-refractivity contribution in [2.24, 2.45) is 11.8 Å². The van der Waals surface area contributed by atoms with E-state index in [-0.39, 0.29) is 17.7 Å². The molecule has 0 saturated carbocycles. The molecule has 2 aliphatic heterocycles. The summed E-state index contributed by atoms with van der Waals surface area (Å²) in [6.07, 6.45) is 1.18. The highest BCUT2D eigenvalue weighted by Crippen LogP contribution is 2.41. The van der Waals surface area contributed by atoms with Crippen LogP contribution < -0.4 is 9.80 Å². The van der Waals surface area contributed by atoms with E-state index in [0.717, 1.165) is 43.3 Å². The number of rotatable bonds is 2. The summed E-state index contributed by atoms with van der Waals surface area (Å²) in [5, 5.41) is 9.64. The van der Waals surface area contributed by atoms with Crippen LogP contribution >= 0.6 is 0 Å². The molecular weight excluding hydrogens is 391 g/mol. The van der Waals surface area contributed by atoms with Crippen molar-refractivity contribution in [3.05, 3.63) is 46.8 Å². The van der Waals surface area contributed by atoms with Crippen LogP contribution in [0.5, 0.6) is 0 Å². The summed E-state index contributed by atoms with van der Waals surface area (Å²) in [6, 6.07) is 6.71. The minimum atomic E-state index is -4.41. The second-order valence-electron chi connectivity index (χ2n) is 8.49. The van der Waals surface area contributed by atoms with Crippen molar-refractivity contribution in [2.75, 3.05) is 36.0 Å². The topological polar surface area (TPSA) is 56.1 Å². The third kappa shape index (κ3) is 3.26. The molecule has 1 aliphatic carbocycles. The Labute approximate surface area is 173 Å². The summed E-state index contributed by atoms with van der Waals surface area (Å²) >= 11 is 0. The lowest BCUT2D eigenvalue weighted by Crippen LogP contribution is -2.31. The largest absolute Gasteiger partial charge is 0.419 e. The number of fused-ring (bicyclic) bond motifs is 2. The lowest BCUT2D eigenvalue weighted by molar-refractivity contribution is -0.137. The van der Waals surface area contributed by atoms with Crippen LogP contribution in [0.1, 0.15) is 35.2 Å². The van der Waals surface area contributed by atoms with Crippen LogP contribution in [0.3, 0.4) is 0 Å². The van der Waals surface area contributed by atoms with E-state index in [2.05, 4.69) is 16.0 Å². The minimum absolute atomic E-state index is 0.0237. The smallest absolute Gasteiger partial charge is 0.355 e. The molecule has 2 aromatic heterocycles. The second kappa shape index (κ2) is 7.15. The first kappa shape index (κ1) is 19.2. The van der Waals surface area contributed by atoms with Crippen molar-refractivity contribution in [3.8, 4) is 6.07 Å². The number of anilines is 2. The number of aryl methyl sites for hydroxylation is 2. The predicted molar refractivity (Wildman–Crippen MR) is 106 cm³/mol. The van der Waals surface area contributed by atoms with Crippen LogP contribution in [0.15, 0.2) is 24.4 Å². The zero-order chi connectivity index (χ0) is 20.9. The molecule has 3 aliphatic rings. The Bertz CT molecular complexity index is 999. The highest BCUT2D eigenvalue weighted by Gasteiger charge is 2.44. The van der Waals surface area contributed by atoms with Crippen LogP contribution in [0.4, 0.5) is 24.8 Å². The molecule has 0 aromatic carbocycles. The van der Waals surface area contributed by atoms with Crippen LogP contribution in [0.25, 0.3) is 0 Å². The summed E-state index contributed by atoms with van der Waals surface area (Å²) < 4.78 is 40.1. The third-order valence-electron chi connectivity index (χ3n) is 6.58. The first-order chi connectivity index (χ1) is 14.4. The molecule has 0 bridgehead atoms. The molecule has 2 unspecified atom stereocenters. The maximum atomic E-state index is 13.4. The highest BCUT2D eigenvalue weighted by atomic mass is 19.4. The van der Waals surface area contributed by atoms with E-state index in [1.165, 1.54) is 17.8 Å². The second-order valence-corrected chi connectivity index (χ2v) is 8.49. The summed E-state index contributed by atoms with van der Waals surface area (Å²) in [4.78, 5) is 12.8. The van der Waals surface area contributed by atoms with Gasteiger partial charge in [-0.3, -0.25) is 0 Å². The van der Waals surface area contributed by atoms with Gasteiger partial charge in [0.1, 0.15) is 17.7 Å². The molecule has 0 spiro atoms. The number of aromatic nitrogens is 2. The molecule has 2 fully saturated rings. The fourth-order valence-corrected chi connectivity index (χ4v) is 5.16. The van der Waals surface area contributed by atoms with Crippen molar-refractivity contribution in [2.45, 2.75) is 31.9 Å². The van der Waals surface area contributed by atoms with Gasteiger partial charge in [-0.05, 0) is 49.4 Å². The van der Waals surface area contributed by atoms with E-state index in [9.17, 15) is 18.4 Å². The molecule has 8 heteroatoms. The number of hydrogen-bond acceptors (Lipinski definition) is 5. The van der Waals surface area contributed by atoms with Crippen molar-refractivity contribution in [3.63, 3.8) is 0 Å². The van der Waals surface area contributed by atoms with Crippen molar-refractivity contribution < 1.29 is 13.2 Å². The van der Waals surface area contributed by atoms with Gasteiger partial charge in [0.05, 0.1) is 11.1 Å². The van der Waals surface area contributed by atoms with Gasteiger partial charge >= 0.3 is 6.18 Å². The van der Waals surface area contributed by atoms with Gasteiger partial charge in [0.2, 0.25) is 0 Å². The van der Waals surface area contributed by atoms with E-state index >= 15 is 0 Å². The Balaban J connectivity index is 1.36. The predicted octanol–water partition coefficient (Wildman–Crippen LogP) is 3.82. The Morgan fingerprint density at radius 2 is 1.67 bits per heavy atom. The molecule has 156 valence electrons. The molecule has 2 atom stereocenters. The van der Waals surface area contributed by atoms with Gasteiger partial charge in [-0.15, -0.1) is 0 Å². The molecule has 5 nitrogen and oxygen atoms in total. The van der Waals surface area contributed by atoms with E-state index in [1.807, 2.05) is 6.07 Å². The highest BCUT2D eigenvalue weighted by molar-refractivity contribution is 5.58. The maximum Gasteiger partial charge on any atom is 0.419 e. The van der Waals surface area contributed by atoms with Gasteiger partial charge in [-0.25, -0.2) is 9.97 Å². The first-order valence-electron chi connectivity index (χ1n) is 10.4. The summed E-state index contributed by atoms with van der Waals surface area (Å²) in [7, 11) is 0. The molecule has 4 heterocycles. The lowest BCUT2D eigenvalue weighted by atomic mass is 9.95. The SMILES string of the molecule is N#Cc1cc2c(nc1N1CC3CN(c4ncccc4C(F)(F)F)CC3C1)CCCC2. The van der Waals surface area contributed by atoms with Crippen LogP contribution in [-0.4, -0.2) is 36.1 Å². The number of hydrogen-bond donors (Lipinski definition) is 0. The Morgan fingerprint density at radius 1 is 1.00 bits per heavy atom. The van der Waals surface area contributed by atoms with Gasteiger partial charge in [0.15, 0.2) is 0 Å². The van der Waals surface area contributed by atoms with Gasteiger partial charge < -0.3 is 9.80 Å². The van der Waals surface area contributed by atoms with Crippen LogP contribution in [-0.2, 0) is 19.0 Å². The number of halogens is 3. The monoisotopic (exact) mass is 413 g/mol. The standard InChI is InChI=1S/C22H22F3N5/c23-22(24,25)18-5-3-7-27-21(18)30-12-16-10-29(11-17(16)13-30)20-15(9-26)8-14-4-1-2-6-19(14)28-20/h3,5,7-8,16-17H,1-2,4,6,10-13H2. The fourth-order valence-electron chi connectivity index (χ4n) is 5.16. The van der Waals surface area contributed by atoms with Crippen LogP contribution in [0.2, 0.25) is 0 Å². The fraction of sp³-hybridized carbons (Fsp3) is 0.500. The molecule has 2 aromatic rings. The van der Waals surface area contributed by atoms with E-state index in [4.69, 9.17) is 4.98 Å². The number of alkyl halides is 3. The van der Waals surface area contributed by atoms with E-state index < -0.39 is 11.7 Å². The summed E-state index contributed by atoms with van der Waals surface area (Å²) in [5.74, 6) is 1.23. The number of nitrogens with zero attached hydrogens (tertiary/aromatic N) is 5. The molecule has 0 N–H and O–H groups in total. The summed E-state index contributed by atoms with van der Waals surface area (Å²) in [5.41, 5.74) is 2.21. The number of nitriles is 1. The van der Waals surface area contributed by atoms with Gasteiger partial charge in [-0.1, -0.05) is 0 Å². The van der Waals surface area contributed by atoms with E-state index in [0.29, 0.717) is 31.7 Å². The minimum Gasteiger partial charge on any atom is -0.355 e. The first-order valence-corrected chi connectivity index (χ1v) is 10.4. The quantitative estimate of drug-likeness (QED) is 0.749. The average Bonchev–Trinajstić information content (AvgIpc) is 3.31. The van der Waals surface area contributed by atoms with Gasteiger partial charge in [0, 0.05) is 49.9 Å². The lowest BCUT2D eigenvalue weighted by Gasteiger charge is -2.26. The molecule has 2 saturated heterocycles. The molecule has 0 radical (unpaired) electrons. The molecule has 30 heavy (non-hydrogen) atoms. The van der Waals surface area contributed by atoms with Crippen molar-refractivity contribution in [1.29, 1.82) is 5.26 Å². The van der Waals surface area contributed by atoms with Crippen molar-refractivity contribution in [1.82, 2.24) is 9.97 Å². The van der Waals surface area contributed by atoms with Crippen LogP contribution in [0, 0.1) is 23.2 Å².